The molecule has 1 N–H and O–H groups in total. The van der Waals surface area contributed by atoms with Crippen molar-refractivity contribution in [3.05, 3.63) is 35.9 Å². The van der Waals surface area contributed by atoms with E-state index in [1.165, 1.54) is 0 Å². The summed E-state index contributed by atoms with van der Waals surface area (Å²) in [5.74, 6) is -0.0592. The second-order valence-electron chi connectivity index (χ2n) is 6.05. The van der Waals surface area contributed by atoms with E-state index in [9.17, 15) is 5.11 Å². The summed E-state index contributed by atoms with van der Waals surface area (Å²) in [6.07, 6.45) is 0.645. The molecule has 0 aromatic heterocycles. The van der Waals surface area contributed by atoms with Gasteiger partial charge in [0, 0.05) is 45.7 Å². The topological polar surface area (TPSA) is 74.3 Å². The fourth-order valence-corrected chi connectivity index (χ4v) is 2.93. The van der Waals surface area contributed by atoms with Gasteiger partial charge >= 0.3 is 0 Å². The number of β-amino-alcohol motifs (C(OH)–C–C–N with tert-alkyl or cyclic N) is 1. The summed E-state index contributed by atoms with van der Waals surface area (Å²) in [5.41, 5.74) is 0.955. The molecule has 1 aliphatic rings. The first kappa shape index (κ1) is 17.4. The Labute approximate surface area is 138 Å². The third-order valence-electron chi connectivity index (χ3n) is 4.35. The number of benzene rings is 1. The molecule has 0 radical (unpaired) electrons. The Morgan fingerprint density at radius 3 is 2.17 bits per heavy atom. The number of hydrogen-bond donors (Lipinski definition) is 1. The van der Waals surface area contributed by atoms with Crippen LogP contribution < -0.4 is 0 Å². The quantitative estimate of drug-likeness (QED) is 0.831. The summed E-state index contributed by atoms with van der Waals surface area (Å²) in [4.78, 5) is 4.56. The van der Waals surface area contributed by atoms with Gasteiger partial charge in [0.1, 0.15) is 0 Å². The Hall–Kier alpha value is -1.92. The highest BCUT2D eigenvalue weighted by Crippen LogP contribution is 2.16. The molecule has 0 spiro atoms. The number of piperazine rings is 1. The summed E-state index contributed by atoms with van der Waals surface area (Å²) in [5, 5.41) is 28.1. The minimum absolute atomic E-state index is 0.0592. The van der Waals surface area contributed by atoms with E-state index in [0.717, 1.165) is 38.3 Å². The first-order valence-corrected chi connectivity index (χ1v) is 8.17. The van der Waals surface area contributed by atoms with Crippen LogP contribution >= 0.6 is 0 Å². The Morgan fingerprint density at radius 1 is 1.00 bits per heavy atom. The zero-order valence-electron chi connectivity index (χ0n) is 13.4. The van der Waals surface area contributed by atoms with Crippen molar-refractivity contribution in [3.63, 3.8) is 0 Å². The van der Waals surface area contributed by atoms with E-state index in [-0.39, 0.29) is 5.92 Å². The molecule has 5 nitrogen and oxygen atoms in total. The average molecular weight is 312 g/mol. The fourth-order valence-electron chi connectivity index (χ4n) is 2.93. The number of rotatable bonds is 7. The number of aliphatic hydroxyl groups is 1. The molecule has 0 aliphatic carbocycles. The summed E-state index contributed by atoms with van der Waals surface area (Å²) in [6, 6.07) is 14.2. The third-order valence-corrected chi connectivity index (χ3v) is 4.35. The van der Waals surface area contributed by atoms with Crippen molar-refractivity contribution >= 4 is 0 Å². The second kappa shape index (κ2) is 9.27. The monoisotopic (exact) mass is 312 g/mol. The maximum atomic E-state index is 10.3. The Kier molecular flexibility index (Phi) is 7.03. The van der Waals surface area contributed by atoms with Gasteiger partial charge in [-0.1, -0.05) is 30.3 Å². The molecule has 1 heterocycles. The molecule has 1 saturated heterocycles. The second-order valence-corrected chi connectivity index (χ2v) is 6.05. The number of hydrogen-bond acceptors (Lipinski definition) is 5. The van der Waals surface area contributed by atoms with Crippen LogP contribution in [0, 0.1) is 28.6 Å². The van der Waals surface area contributed by atoms with Crippen LogP contribution in [0.15, 0.2) is 30.3 Å². The number of nitrogens with zero attached hydrogens (tertiary/aromatic N) is 4. The van der Waals surface area contributed by atoms with Crippen LogP contribution in [-0.2, 0) is 0 Å². The number of nitriles is 2. The van der Waals surface area contributed by atoms with Crippen LogP contribution in [0.1, 0.15) is 24.5 Å². The lowest BCUT2D eigenvalue weighted by Gasteiger charge is -2.36. The van der Waals surface area contributed by atoms with E-state index >= 15 is 0 Å². The lowest BCUT2D eigenvalue weighted by Crippen LogP contribution is -2.48. The van der Waals surface area contributed by atoms with Crippen LogP contribution in [-0.4, -0.2) is 54.2 Å². The average Bonchev–Trinajstić information content (AvgIpc) is 2.60. The molecule has 2 rings (SSSR count). The first-order valence-electron chi connectivity index (χ1n) is 8.17. The fraction of sp³-hybridized carbons (Fsp3) is 0.556. The lowest BCUT2D eigenvalue weighted by atomic mass is 10.0. The minimum atomic E-state index is -0.453. The van der Waals surface area contributed by atoms with Crippen molar-refractivity contribution in [2.45, 2.75) is 18.9 Å². The van der Waals surface area contributed by atoms with Gasteiger partial charge in [0.25, 0.3) is 0 Å². The molecule has 2 atom stereocenters. The van der Waals surface area contributed by atoms with Gasteiger partial charge < -0.3 is 5.11 Å². The minimum Gasteiger partial charge on any atom is -0.387 e. The molecule has 1 fully saturated rings. The van der Waals surface area contributed by atoms with Gasteiger partial charge in [-0.25, -0.2) is 0 Å². The summed E-state index contributed by atoms with van der Waals surface area (Å²) in [7, 11) is 0. The summed E-state index contributed by atoms with van der Waals surface area (Å²) in [6.45, 7) is 5.01. The van der Waals surface area contributed by atoms with Crippen LogP contribution in [0.5, 0.6) is 0 Å². The molecule has 1 aromatic carbocycles. The predicted octanol–water partition coefficient (Wildman–Crippen LogP) is 1.78. The normalized spacial score (nSPS) is 18.7. The maximum Gasteiger partial charge on any atom is 0.0916 e. The summed E-state index contributed by atoms with van der Waals surface area (Å²) >= 11 is 0. The van der Waals surface area contributed by atoms with E-state index < -0.39 is 6.10 Å². The lowest BCUT2D eigenvalue weighted by molar-refractivity contribution is 0.0692. The molecular formula is C18H24N4O. The van der Waals surface area contributed by atoms with E-state index in [2.05, 4.69) is 21.9 Å². The molecule has 1 aromatic rings. The molecule has 0 amide bonds. The molecule has 23 heavy (non-hydrogen) atoms. The van der Waals surface area contributed by atoms with E-state index in [1.54, 1.807) is 0 Å². The molecule has 0 bridgehead atoms. The van der Waals surface area contributed by atoms with Crippen molar-refractivity contribution in [3.8, 4) is 12.1 Å². The van der Waals surface area contributed by atoms with E-state index in [0.29, 0.717) is 19.4 Å². The SMILES string of the molecule is N#CCC[C@H](C#N)CN1CCN(C[C@@H](O)c2ccccc2)CC1. The van der Waals surface area contributed by atoms with Crippen LogP contribution in [0.4, 0.5) is 0 Å². The predicted molar refractivity (Wildman–Crippen MR) is 88.2 cm³/mol. The van der Waals surface area contributed by atoms with Crippen LogP contribution in [0.2, 0.25) is 0 Å². The first-order chi connectivity index (χ1) is 11.2. The Balaban J connectivity index is 1.73. The van der Waals surface area contributed by atoms with Crippen LogP contribution in [0.3, 0.4) is 0 Å². The van der Waals surface area contributed by atoms with Gasteiger partial charge in [0.15, 0.2) is 0 Å². The van der Waals surface area contributed by atoms with Crippen LogP contribution in [0.25, 0.3) is 0 Å². The maximum absolute atomic E-state index is 10.3. The molecule has 122 valence electrons. The Morgan fingerprint density at radius 2 is 1.61 bits per heavy atom. The smallest absolute Gasteiger partial charge is 0.0916 e. The van der Waals surface area contributed by atoms with Gasteiger partial charge in [0.05, 0.1) is 24.2 Å². The highest BCUT2D eigenvalue weighted by atomic mass is 16.3. The zero-order valence-corrected chi connectivity index (χ0v) is 13.4. The van der Waals surface area contributed by atoms with Gasteiger partial charge in [-0.3, -0.25) is 9.80 Å². The van der Waals surface area contributed by atoms with Crippen molar-refractivity contribution in [2.75, 3.05) is 39.3 Å². The highest BCUT2D eigenvalue weighted by Gasteiger charge is 2.21. The molecule has 1 aliphatic heterocycles. The van der Waals surface area contributed by atoms with Crippen molar-refractivity contribution < 1.29 is 5.11 Å². The van der Waals surface area contributed by atoms with E-state index in [4.69, 9.17) is 10.5 Å². The standard InChI is InChI=1S/C18H24N4O/c19-8-4-5-16(13-20)14-21-9-11-22(12-10-21)15-18(23)17-6-2-1-3-7-17/h1-3,6-7,16,18,23H,4-5,9-12,14-15H2/t16-,18-/m1/s1. The highest BCUT2D eigenvalue weighted by molar-refractivity contribution is 5.17. The number of aliphatic hydroxyl groups excluding tert-OH is 1. The van der Waals surface area contributed by atoms with Gasteiger partial charge in [-0.15, -0.1) is 0 Å². The zero-order chi connectivity index (χ0) is 16.5. The van der Waals surface area contributed by atoms with Crippen molar-refractivity contribution in [1.29, 1.82) is 10.5 Å². The van der Waals surface area contributed by atoms with E-state index in [1.807, 2.05) is 30.3 Å². The van der Waals surface area contributed by atoms with Crippen molar-refractivity contribution in [1.82, 2.24) is 9.80 Å². The van der Waals surface area contributed by atoms with Gasteiger partial charge in [-0.2, -0.15) is 10.5 Å². The Bertz CT molecular complexity index is 540. The summed E-state index contributed by atoms with van der Waals surface area (Å²) < 4.78 is 0. The van der Waals surface area contributed by atoms with Gasteiger partial charge in [0.2, 0.25) is 0 Å². The van der Waals surface area contributed by atoms with Crippen molar-refractivity contribution in [2.24, 2.45) is 5.92 Å². The molecular weight excluding hydrogens is 288 g/mol. The van der Waals surface area contributed by atoms with Gasteiger partial charge in [-0.05, 0) is 12.0 Å². The largest absolute Gasteiger partial charge is 0.387 e. The third kappa shape index (κ3) is 5.65. The molecule has 5 heteroatoms. The molecule has 0 saturated carbocycles. The molecule has 0 unspecified atom stereocenters.